The van der Waals surface area contributed by atoms with Gasteiger partial charge in [0.2, 0.25) is 0 Å². The summed E-state index contributed by atoms with van der Waals surface area (Å²) in [4.78, 5) is 0. The van der Waals surface area contributed by atoms with Crippen molar-refractivity contribution in [1.29, 1.82) is 0 Å². The van der Waals surface area contributed by atoms with Crippen molar-refractivity contribution >= 4 is 0 Å². The van der Waals surface area contributed by atoms with Crippen LogP contribution in [-0.2, 0) is 0 Å². The summed E-state index contributed by atoms with van der Waals surface area (Å²) in [5.41, 5.74) is 7.00. The molecule has 102 valence electrons. The first-order valence-electron chi connectivity index (χ1n) is 7.84. The fraction of sp³-hybridized carbons (Fsp3) is 1.00. The number of hydrogen-bond donors (Lipinski definition) is 1. The Kier molecular flexibility index (Phi) is 5.99. The molecule has 0 aromatic carbocycles. The summed E-state index contributed by atoms with van der Waals surface area (Å²) in [6.45, 7) is 9.40. The molecule has 2 N–H and O–H groups in total. The summed E-state index contributed by atoms with van der Waals surface area (Å²) in [5.74, 6) is 1.67. The number of rotatable bonds is 7. The fourth-order valence-electron chi connectivity index (χ4n) is 4.08. The minimum Gasteiger partial charge on any atom is -0.327 e. The Morgan fingerprint density at radius 1 is 1.06 bits per heavy atom. The van der Waals surface area contributed by atoms with Gasteiger partial charge in [-0.2, -0.15) is 0 Å². The largest absolute Gasteiger partial charge is 0.327 e. The molecule has 1 aliphatic rings. The first-order chi connectivity index (χ1) is 8.08. The highest BCUT2D eigenvalue weighted by atomic mass is 14.7. The van der Waals surface area contributed by atoms with Gasteiger partial charge >= 0.3 is 0 Å². The van der Waals surface area contributed by atoms with Gasteiger partial charge in [0.25, 0.3) is 0 Å². The molecular formula is C16H33N. The molecule has 2 atom stereocenters. The molecule has 0 heterocycles. The predicted octanol–water partition coefficient (Wildman–Crippen LogP) is 4.75. The lowest BCUT2D eigenvalue weighted by molar-refractivity contribution is 0.0996. The minimum atomic E-state index is 0.466. The Hall–Kier alpha value is -0.0400. The second kappa shape index (κ2) is 6.78. The fourth-order valence-corrected chi connectivity index (χ4v) is 4.08. The van der Waals surface area contributed by atoms with Gasteiger partial charge in [0.15, 0.2) is 0 Å². The number of unbranched alkanes of at least 4 members (excludes halogenated alkanes) is 2. The van der Waals surface area contributed by atoms with Crippen LogP contribution in [0.15, 0.2) is 0 Å². The monoisotopic (exact) mass is 239 g/mol. The van der Waals surface area contributed by atoms with Crippen LogP contribution in [0.5, 0.6) is 0 Å². The maximum atomic E-state index is 6.52. The quantitative estimate of drug-likeness (QED) is 0.682. The number of nitrogens with two attached hydrogens (primary N) is 1. The maximum Gasteiger partial charge on any atom is 0.00984 e. The van der Waals surface area contributed by atoms with Gasteiger partial charge < -0.3 is 5.73 Å². The predicted molar refractivity (Wildman–Crippen MR) is 77.0 cm³/mol. The van der Waals surface area contributed by atoms with E-state index in [0.717, 1.165) is 11.8 Å². The van der Waals surface area contributed by atoms with E-state index in [4.69, 9.17) is 5.73 Å². The summed E-state index contributed by atoms with van der Waals surface area (Å²) >= 11 is 0. The van der Waals surface area contributed by atoms with Crippen molar-refractivity contribution in [3.63, 3.8) is 0 Å². The van der Waals surface area contributed by atoms with E-state index in [2.05, 4.69) is 27.7 Å². The van der Waals surface area contributed by atoms with E-state index < -0.39 is 0 Å². The highest BCUT2D eigenvalue weighted by Crippen LogP contribution is 2.52. The molecule has 1 nitrogen and oxygen atoms in total. The Morgan fingerprint density at radius 2 is 1.59 bits per heavy atom. The highest BCUT2D eigenvalue weighted by Gasteiger charge is 2.47. The minimum absolute atomic E-state index is 0.466. The average molecular weight is 239 g/mol. The zero-order chi connectivity index (χ0) is 12.9. The second-order valence-corrected chi connectivity index (χ2v) is 6.47. The molecule has 1 aliphatic carbocycles. The third-order valence-corrected chi connectivity index (χ3v) is 5.06. The summed E-state index contributed by atoms with van der Waals surface area (Å²) in [6, 6.07) is 0.466. The Morgan fingerprint density at radius 3 is 2.00 bits per heavy atom. The van der Waals surface area contributed by atoms with Crippen LogP contribution in [-0.4, -0.2) is 6.04 Å². The van der Waals surface area contributed by atoms with Crippen molar-refractivity contribution < 1.29 is 0 Å². The summed E-state index contributed by atoms with van der Waals surface area (Å²) < 4.78 is 0. The zero-order valence-corrected chi connectivity index (χ0v) is 12.5. The van der Waals surface area contributed by atoms with Gasteiger partial charge in [0, 0.05) is 6.04 Å². The molecular weight excluding hydrogens is 206 g/mol. The van der Waals surface area contributed by atoms with Crippen LogP contribution in [0.1, 0.15) is 79.1 Å². The van der Waals surface area contributed by atoms with Crippen LogP contribution >= 0.6 is 0 Å². The van der Waals surface area contributed by atoms with E-state index in [0.29, 0.717) is 11.5 Å². The van der Waals surface area contributed by atoms with Gasteiger partial charge in [0.1, 0.15) is 0 Å². The highest BCUT2D eigenvalue weighted by molar-refractivity contribution is 5.01. The van der Waals surface area contributed by atoms with Crippen LogP contribution in [0.4, 0.5) is 0 Å². The van der Waals surface area contributed by atoms with Crippen molar-refractivity contribution in [3.8, 4) is 0 Å². The smallest absolute Gasteiger partial charge is 0.00984 e. The first kappa shape index (κ1) is 15.0. The lowest BCUT2D eigenvalue weighted by Crippen LogP contribution is -2.42. The SMILES string of the molecule is CCCCC1(CCCC)C(N)CCC1C(C)C. The molecule has 1 heteroatoms. The van der Waals surface area contributed by atoms with Gasteiger partial charge in [-0.3, -0.25) is 0 Å². The third kappa shape index (κ3) is 3.24. The van der Waals surface area contributed by atoms with Gasteiger partial charge in [-0.05, 0) is 42.9 Å². The van der Waals surface area contributed by atoms with E-state index in [-0.39, 0.29) is 0 Å². The van der Waals surface area contributed by atoms with E-state index in [1.807, 2.05) is 0 Å². The van der Waals surface area contributed by atoms with Gasteiger partial charge in [-0.15, -0.1) is 0 Å². The maximum absolute atomic E-state index is 6.52. The van der Waals surface area contributed by atoms with Crippen LogP contribution < -0.4 is 5.73 Å². The molecule has 0 aliphatic heterocycles. The molecule has 0 radical (unpaired) electrons. The average Bonchev–Trinajstić information content (AvgIpc) is 2.62. The second-order valence-electron chi connectivity index (χ2n) is 6.47. The Balaban J connectivity index is 2.82. The summed E-state index contributed by atoms with van der Waals surface area (Å²) in [6.07, 6.45) is 10.7. The van der Waals surface area contributed by atoms with Crippen molar-refractivity contribution in [2.75, 3.05) is 0 Å². The normalized spacial score (nSPS) is 27.9. The van der Waals surface area contributed by atoms with E-state index in [1.165, 1.54) is 51.4 Å². The molecule has 0 amide bonds. The van der Waals surface area contributed by atoms with Crippen LogP contribution in [0.25, 0.3) is 0 Å². The zero-order valence-electron chi connectivity index (χ0n) is 12.5. The molecule has 0 spiro atoms. The van der Waals surface area contributed by atoms with Gasteiger partial charge in [0.05, 0.1) is 0 Å². The summed E-state index contributed by atoms with van der Waals surface area (Å²) in [7, 11) is 0. The lowest BCUT2D eigenvalue weighted by Gasteiger charge is -2.41. The summed E-state index contributed by atoms with van der Waals surface area (Å²) in [5, 5.41) is 0. The van der Waals surface area contributed by atoms with Crippen molar-refractivity contribution in [3.05, 3.63) is 0 Å². The van der Waals surface area contributed by atoms with Crippen LogP contribution in [0.2, 0.25) is 0 Å². The molecule has 0 bridgehead atoms. The molecule has 0 aromatic heterocycles. The van der Waals surface area contributed by atoms with Crippen molar-refractivity contribution in [2.45, 2.75) is 85.1 Å². The van der Waals surface area contributed by atoms with Crippen LogP contribution in [0.3, 0.4) is 0 Å². The lowest BCUT2D eigenvalue weighted by atomic mass is 9.65. The molecule has 0 aromatic rings. The molecule has 1 saturated carbocycles. The first-order valence-corrected chi connectivity index (χ1v) is 7.84. The van der Waals surface area contributed by atoms with Crippen molar-refractivity contribution in [1.82, 2.24) is 0 Å². The van der Waals surface area contributed by atoms with Gasteiger partial charge in [-0.25, -0.2) is 0 Å². The van der Waals surface area contributed by atoms with E-state index >= 15 is 0 Å². The van der Waals surface area contributed by atoms with E-state index in [9.17, 15) is 0 Å². The topological polar surface area (TPSA) is 26.0 Å². The molecule has 17 heavy (non-hydrogen) atoms. The van der Waals surface area contributed by atoms with Crippen molar-refractivity contribution in [2.24, 2.45) is 23.0 Å². The Labute approximate surface area is 109 Å². The third-order valence-electron chi connectivity index (χ3n) is 5.06. The van der Waals surface area contributed by atoms with Gasteiger partial charge in [-0.1, -0.05) is 53.4 Å². The standard InChI is InChI=1S/C16H33N/c1-5-7-11-16(12-8-6-2)14(13(3)4)9-10-15(16)17/h13-15H,5-12,17H2,1-4H3. The molecule has 1 fully saturated rings. The number of hydrogen-bond acceptors (Lipinski definition) is 1. The molecule has 1 rings (SSSR count). The molecule has 2 unspecified atom stereocenters. The van der Waals surface area contributed by atoms with E-state index in [1.54, 1.807) is 0 Å². The van der Waals surface area contributed by atoms with Crippen LogP contribution in [0, 0.1) is 17.3 Å². The molecule has 0 saturated heterocycles. The Bertz CT molecular complexity index is 202.